The molecule has 0 saturated heterocycles. The number of hydrogen-bond acceptors (Lipinski definition) is 4. The largest absolute Gasteiger partial charge is 0.493 e. The molecule has 20 heavy (non-hydrogen) atoms. The highest BCUT2D eigenvalue weighted by Crippen LogP contribution is 2.31. The van der Waals surface area contributed by atoms with Gasteiger partial charge in [0.15, 0.2) is 16.2 Å². The summed E-state index contributed by atoms with van der Waals surface area (Å²) >= 11 is 3.23. The van der Waals surface area contributed by atoms with Crippen molar-refractivity contribution in [3.63, 3.8) is 0 Å². The average Bonchev–Trinajstić information content (AvgIpc) is 2.89. The predicted molar refractivity (Wildman–Crippen MR) is 79.4 cm³/mol. The van der Waals surface area contributed by atoms with Gasteiger partial charge < -0.3 is 13.9 Å². The molecule has 0 N–H and O–H groups in total. The Morgan fingerprint density at radius 3 is 2.50 bits per heavy atom. The van der Waals surface area contributed by atoms with Crippen LogP contribution in [0, 0.1) is 11.3 Å². The molecule has 0 radical (unpaired) electrons. The van der Waals surface area contributed by atoms with Crippen LogP contribution in [0.3, 0.4) is 0 Å². The standard InChI is InChI=1S/C15H12BrNO3/c1-18-13-5-3-10(8-14(13)19-2)11(9-17)7-12-4-6-15(16)20-12/h3-8H,1-2H3/b11-7+. The van der Waals surface area contributed by atoms with Gasteiger partial charge in [0.25, 0.3) is 0 Å². The Hall–Kier alpha value is -2.19. The molecule has 0 unspecified atom stereocenters. The number of allylic oxidation sites excluding steroid dienone is 1. The van der Waals surface area contributed by atoms with Crippen LogP contribution < -0.4 is 9.47 Å². The maximum Gasteiger partial charge on any atom is 0.169 e. The van der Waals surface area contributed by atoms with Crippen LogP contribution in [0.4, 0.5) is 0 Å². The van der Waals surface area contributed by atoms with Gasteiger partial charge in [-0.3, -0.25) is 0 Å². The minimum absolute atomic E-state index is 0.479. The first kappa shape index (κ1) is 14.2. The van der Waals surface area contributed by atoms with Crippen molar-refractivity contribution in [3.8, 4) is 17.6 Å². The summed E-state index contributed by atoms with van der Waals surface area (Å²) in [5.74, 6) is 1.80. The van der Waals surface area contributed by atoms with E-state index in [9.17, 15) is 5.26 Å². The molecule has 102 valence electrons. The second kappa shape index (κ2) is 6.31. The number of hydrogen-bond donors (Lipinski definition) is 0. The van der Waals surface area contributed by atoms with Gasteiger partial charge in [-0.2, -0.15) is 5.26 Å². The van der Waals surface area contributed by atoms with Gasteiger partial charge in [-0.05, 0) is 57.9 Å². The van der Waals surface area contributed by atoms with Crippen molar-refractivity contribution in [2.45, 2.75) is 0 Å². The average molecular weight is 334 g/mol. The molecule has 5 heteroatoms. The molecule has 1 aromatic heterocycles. The number of rotatable bonds is 4. The molecular weight excluding hydrogens is 322 g/mol. The smallest absolute Gasteiger partial charge is 0.169 e. The zero-order valence-corrected chi connectivity index (χ0v) is 12.6. The number of nitrogens with zero attached hydrogens (tertiary/aromatic N) is 1. The van der Waals surface area contributed by atoms with Crippen LogP contribution >= 0.6 is 15.9 Å². The highest BCUT2D eigenvalue weighted by atomic mass is 79.9. The number of furan rings is 1. The molecule has 0 atom stereocenters. The fourth-order valence-electron chi connectivity index (χ4n) is 1.73. The van der Waals surface area contributed by atoms with Crippen LogP contribution in [0.1, 0.15) is 11.3 Å². The Balaban J connectivity index is 2.42. The van der Waals surface area contributed by atoms with Gasteiger partial charge in [0, 0.05) is 0 Å². The van der Waals surface area contributed by atoms with Crippen LogP contribution in [0.15, 0.2) is 39.4 Å². The van der Waals surface area contributed by atoms with Crippen molar-refractivity contribution in [1.29, 1.82) is 5.26 Å². The van der Waals surface area contributed by atoms with Gasteiger partial charge in [-0.25, -0.2) is 0 Å². The van der Waals surface area contributed by atoms with E-state index in [1.165, 1.54) is 0 Å². The molecule has 0 aliphatic heterocycles. The number of ether oxygens (including phenoxy) is 2. The van der Waals surface area contributed by atoms with E-state index in [0.717, 1.165) is 5.56 Å². The van der Waals surface area contributed by atoms with Crippen molar-refractivity contribution < 1.29 is 13.9 Å². The Morgan fingerprint density at radius 1 is 1.20 bits per heavy atom. The summed E-state index contributed by atoms with van der Waals surface area (Å²) in [6.07, 6.45) is 1.67. The molecule has 0 saturated carbocycles. The summed E-state index contributed by atoms with van der Waals surface area (Å²) in [6.45, 7) is 0. The maximum atomic E-state index is 9.29. The molecule has 0 aliphatic carbocycles. The van der Waals surface area contributed by atoms with E-state index >= 15 is 0 Å². The first-order chi connectivity index (χ1) is 9.67. The quantitative estimate of drug-likeness (QED) is 0.789. The SMILES string of the molecule is COc1ccc(/C(C#N)=C/c2ccc(Br)o2)cc1OC. The maximum absolute atomic E-state index is 9.29. The third-order valence-electron chi connectivity index (χ3n) is 2.70. The van der Waals surface area contributed by atoms with Crippen molar-refractivity contribution in [2.24, 2.45) is 0 Å². The monoisotopic (exact) mass is 333 g/mol. The predicted octanol–water partition coefficient (Wildman–Crippen LogP) is 4.12. The van der Waals surface area contributed by atoms with Gasteiger partial charge in [0.1, 0.15) is 5.76 Å². The molecule has 0 bridgehead atoms. The fraction of sp³-hybridized carbons (Fsp3) is 0.133. The van der Waals surface area contributed by atoms with E-state index in [0.29, 0.717) is 27.5 Å². The summed E-state index contributed by atoms with van der Waals surface area (Å²) in [5, 5.41) is 9.29. The third-order valence-corrected chi connectivity index (χ3v) is 3.12. The number of methoxy groups -OCH3 is 2. The molecule has 0 spiro atoms. The minimum atomic E-state index is 0.479. The zero-order valence-electron chi connectivity index (χ0n) is 11.0. The summed E-state index contributed by atoms with van der Waals surface area (Å²) < 4.78 is 16.4. The van der Waals surface area contributed by atoms with E-state index in [-0.39, 0.29) is 0 Å². The van der Waals surface area contributed by atoms with Crippen LogP contribution in [-0.2, 0) is 0 Å². The van der Waals surface area contributed by atoms with Gasteiger partial charge in [0.05, 0.1) is 25.9 Å². The molecule has 0 aliphatic rings. The molecular formula is C15H12BrNO3. The lowest BCUT2D eigenvalue weighted by Gasteiger charge is -2.08. The molecule has 4 nitrogen and oxygen atoms in total. The van der Waals surface area contributed by atoms with Crippen molar-refractivity contribution in [2.75, 3.05) is 14.2 Å². The van der Waals surface area contributed by atoms with Crippen LogP contribution in [0.2, 0.25) is 0 Å². The first-order valence-corrected chi connectivity index (χ1v) is 6.56. The Morgan fingerprint density at radius 2 is 1.95 bits per heavy atom. The lowest BCUT2D eigenvalue weighted by molar-refractivity contribution is 0.355. The zero-order chi connectivity index (χ0) is 14.5. The van der Waals surface area contributed by atoms with Crippen LogP contribution in [0.5, 0.6) is 11.5 Å². The normalized spacial score (nSPS) is 11.0. The second-order valence-electron chi connectivity index (χ2n) is 3.88. The number of nitriles is 1. The molecule has 0 amide bonds. The second-order valence-corrected chi connectivity index (χ2v) is 4.66. The third kappa shape index (κ3) is 3.03. The molecule has 2 rings (SSSR count). The van der Waals surface area contributed by atoms with Gasteiger partial charge in [0.2, 0.25) is 0 Å². The lowest BCUT2D eigenvalue weighted by Crippen LogP contribution is -1.92. The van der Waals surface area contributed by atoms with E-state index in [1.807, 2.05) is 0 Å². The van der Waals surface area contributed by atoms with Crippen molar-refractivity contribution >= 4 is 27.6 Å². The Labute approximate surface area is 125 Å². The van der Waals surface area contributed by atoms with E-state index < -0.39 is 0 Å². The van der Waals surface area contributed by atoms with Crippen molar-refractivity contribution in [3.05, 3.63) is 46.3 Å². The minimum Gasteiger partial charge on any atom is -0.493 e. The topological polar surface area (TPSA) is 55.4 Å². The van der Waals surface area contributed by atoms with Crippen LogP contribution in [0.25, 0.3) is 11.6 Å². The summed E-state index contributed by atoms with van der Waals surface area (Å²) in [4.78, 5) is 0. The summed E-state index contributed by atoms with van der Waals surface area (Å²) in [6, 6.07) is 11.0. The first-order valence-electron chi connectivity index (χ1n) is 5.77. The van der Waals surface area contributed by atoms with Gasteiger partial charge >= 0.3 is 0 Å². The number of halogens is 1. The number of benzene rings is 1. The highest BCUT2D eigenvalue weighted by Gasteiger charge is 2.09. The Bertz CT molecular complexity index is 683. The molecule has 0 fully saturated rings. The van der Waals surface area contributed by atoms with Gasteiger partial charge in [-0.15, -0.1) is 0 Å². The van der Waals surface area contributed by atoms with Crippen LogP contribution in [-0.4, -0.2) is 14.2 Å². The van der Waals surface area contributed by atoms with Gasteiger partial charge in [-0.1, -0.05) is 0 Å². The van der Waals surface area contributed by atoms with E-state index in [4.69, 9.17) is 13.9 Å². The van der Waals surface area contributed by atoms with Crippen molar-refractivity contribution in [1.82, 2.24) is 0 Å². The molecule has 2 aromatic rings. The Kier molecular flexibility index (Phi) is 4.49. The fourth-order valence-corrected chi connectivity index (χ4v) is 2.05. The van der Waals surface area contributed by atoms with E-state index in [1.54, 1.807) is 50.6 Å². The molecule has 1 aromatic carbocycles. The summed E-state index contributed by atoms with van der Waals surface area (Å²) in [5.41, 5.74) is 1.21. The lowest BCUT2D eigenvalue weighted by atomic mass is 10.1. The highest BCUT2D eigenvalue weighted by molar-refractivity contribution is 9.10. The van der Waals surface area contributed by atoms with E-state index in [2.05, 4.69) is 22.0 Å². The molecule has 1 heterocycles. The summed E-state index contributed by atoms with van der Waals surface area (Å²) in [7, 11) is 3.12.